The maximum absolute atomic E-state index is 13.7. The molecule has 6 heteroatoms. The predicted molar refractivity (Wildman–Crippen MR) is 81.4 cm³/mol. The Morgan fingerprint density at radius 2 is 1.86 bits per heavy atom. The van der Waals surface area contributed by atoms with Crippen LogP contribution in [0.25, 0.3) is 0 Å². The molecule has 0 atom stereocenters. The summed E-state index contributed by atoms with van der Waals surface area (Å²) in [6, 6.07) is 8.94. The summed E-state index contributed by atoms with van der Waals surface area (Å²) in [5.74, 6) is 0.0977. The summed E-state index contributed by atoms with van der Waals surface area (Å²) >= 11 is 5.68. The van der Waals surface area contributed by atoms with E-state index in [4.69, 9.17) is 21.1 Å². The fourth-order valence-electron chi connectivity index (χ4n) is 2.09. The third kappa shape index (κ3) is 3.14. The standard InChI is InChI=1S/C16H13ClFNO3/c17-11-3-4-13(12(18)9-11)19-16(20)10-2-5-14-15(8-10)22-7-1-6-21-14/h2-5,8-9H,1,6-7H2,(H,19,20). The van der Waals surface area contributed by atoms with Crippen LogP contribution in [0.1, 0.15) is 16.8 Å². The minimum Gasteiger partial charge on any atom is -0.490 e. The van der Waals surface area contributed by atoms with Gasteiger partial charge in [0.05, 0.1) is 18.9 Å². The summed E-state index contributed by atoms with van der Waals surface area (Å²) in [6.07, 6.45) is 0.784. The van der Waals surface area contributed by atoms with Crippen LogP contribution in [0.5, 0.6) is 11.5 Å². The van der Waals surface area contributed by atoms with Crippen LogP contribution in [0.3, 0.4) is 0 Å². The van der Waals surface area contributed by atoms with Crippen molar-refractivity contribution in [3.05, 3.63) is 52.8 Å². The van der Waals surface area contributed by atoms with Gasteiger partial charge in [-0.25, -0.2) is 4.39 Å². The van der Waals surface area contributed by atoms with Gasteiger partial charge in [-0.05, 0) is 36.4 Å². The minimum atomic E-state index is -0.588. The number of rotatable bonds is 2. The van der Waals surface area contributed by atoms with Crippen molar-refractivity contribution in [3.8, 4) is 11.5 Å². The molecule has 22 heavy (non-hydrogen) atoms. The molecule has 0 radical (unpaired) electrons. The smallest absolute Gasteiger partial charge is 0.255 e. The van der Waals surface area contributed by atoms with Crippen molar-refractivity contribution >= 4 is 23.2 Å². The van der Waals surface area contributed by atoms with Crippen LogP contribution < -0.4 is 14.8 Å². The van der Waals surface area contributed by atoms with Gasteiger partial charge in [-0.2, -0.15) is 0 Å². The molecule has 2 aromatic rings. The molecule has 0 unspecified atom stereocenters. The Hall–Kier alpha value is -2.27. The van der Waals surface area contributed by atoms with Crippen LogP contribution in [0, 0.1) is 5.82 Å². The Balaban J connectivity index is 1.81. The molecule has 0 saturated carbocycles. The van der Waals surface area contributed by atoms with E-state index < -0.39 is 11.7 Å². The zero-order chi connectivity index (χ0) is 15.5. The van der Waals surface area contributed by atoms with Crippen molar-refractivity contribution in [2.45, 2.75) is 6.42 Å². The molecule has 0 saturated heterocycles. The Morgan fingerprint density at radius 3 is 2.64 bits per heavy atom. The lowest BCUT2D eigenvalue weighted by Gasteiger charge is -2.10. The number of fused-ring (bicyclic) bond motifs is 1. The van der Waals surface area contributed by atoms with E-state index in [1.807, 2.05) is 0 Å². The summed E-state index contributed by atoms with van der Waals surface area (Å²) in [7, 11) is 0. The third-order valence-corrected chi connectivity index (χ3v) is 3.42. The zero-order valence-corrected chi connectivity index (χ0v) is 12.3. The van der Waals surface area contributed by atoms with Crippen molar-refractivity contribution in [2.24, 2.45) is 0 Å². The van der Waals surface area contributed by atoms with Crippen molar-refractivity contribution in [2.75, 3.05) is 18.5 Å². The molecule has 4 nitrogen and oxygen atoms in total. The molecular formula is C16H13ClFNO3. The van der Waals surface area contributed by atoms with Gasteiger partial charge in [-0.1, -0.05) is 11.6 Å². The Bertz CT molecular complexity index is 721. The fraction of sp³-hybridized carbons (Fsp3) is 0.188. The normalized spacial score (nSPS) is 13.4. The summed E-state index contributed by atoms with van der Waals surface area (Å²) in [4.78, 5) is 12.2. The lowest BCUT2D eigenvalue weighted by Crippen LogP contribution is -2.13. The van der Waals surface area contributed by atoms with Crippen LogP contribution in [-0.4, -0.2) is 19.1 Å². The molecule has 2 aromatic carbocycles. The largest absolute Gasteiger partial charge is 0.490 e. The van der Waals surface area contributed by atoms with Gasteiger partial charge in [0.15, 0.2) is 11.5 Å². The van der Waals surface area contributed by atoms with E-state index in [9.17, 15) is 9.18 Å². The number of carbonyl (C=O) groups excluding carboxylic acids is 1. The van der Waals surface area contributed by atoms with Gasteiger partial charge in [0.1, 0.15) is 5.82 Å². The van der Waals surface area contributed by atoms with Gasteiger partial charge in [0.2, 0.25) is 0 Å². The first-order chi connectivity index (χ1) is 10.6. The third-order valence-electron chi connectivity index (χ3n) is 3.19. The van der Waals surface area contributed by atoms with Crippen LogP contribution in [0.4, 0.5) is 10.1 Å². The molecule has 0 aliphatic carbocycles. The van der Waals surface area contributed by atoms with Gasteiger partial charge in [0.25, 0.3) is 5.91 Å². The molecule has 1 aliphatic rings. The van der Waals surface area contributed by atoms with Crippen molar-refractivity contribution in [3.63, 3.8) is 0 Å². The highest BCUT2D eigenvalue weighted by atomic mass is 35.5. The zero-order valence-electron chi connectivity index (χ0n) is 11.6. The molecule has 0 aromatic heterocycles. The van der Waals surface area contributed by atoms with E-state index in [1.54, 1.807) is 18.2 Å². The van der Waals surface area contributed by atoms with Crippen LogP contribution >= 0.6 is 11.6 Å². The van der Waals surface area contributed by atoms with Crippen molar-refractivity contribution < 1.29 is 18.7 Å². The number of hydrogen-bond acceptors (Lipinski definition) is 3. The van der Waals surface area contributed by atoms with E-state index in [1.165, 1.54) is 12.1 Å². The van der Waals surface area contributed by atoms with Gasteiger partial charge >= 0.3 is 0 Å². The van der Waals surface area contributed by atoms with Crippen LogP contribution in [-0.2, 0) is 0 Å². The molecule has 114 valence electrons. The average Bonchev–Trinajstić information content (AvgIpc) is 2.74. The molecule has 0 fully saturated rings. The quantitative estimate of drug-likeness (QED) is 0.912. The molecule has 1 N–H and O–H groups in total. The number of anilines is 1. The number of benzene rings is 2. The number of halogens is 2. The molecule has 0 spiro atoms. The molecule has 1 aliphatic heterocycles. The number of carbonyl (C=O) groups is 1. The molecule has 1 amide bonds. The SMILES string of the molecule is O=C(Nc1ccc(Cl)cc1F)c1ccc2c(c1)OCCCO2. The van der Waals surface area contributed by atoms with Crippen molar-refractivity contribution in [1.82, 2.24) is 0 Å². The Kier molecular flexibility index (Phi) is 4.15. The van der Waals surface area contributed by atoms with Crippen LogP contribution in [0.2, 0.25) is 5.02 Å². The highest BCUT2D eigenvalue weighted by Crippen LogP contribution is 2.30. The second kappa shape index (κ2) is 6.23. The van der Waals surface area contributed by atoms with Gasteiger partial charge < -0.3 is 14.8 Å². The summed E-state index contributed by atoms with van der Waals surface area (Å²) < 4.78 is 24.7. The fourth-order valence-corrected chi connectivity index (χ4v) is 2.25. The number of nitrogens with one attached hydrogen (secondary N) is 1. The number of hydrogen-bond donors (Lipinski definition) is 1. The number of amides is 1. The first kappa shape index (κ1) is 14.7. The maximum atomic E-state index is 13.7. The van der Waals surface area contributed by atoms with E-state index in [-0.39, 0.29) is 10.7 Å². The first-order valence-electron chi connectivity index (χ1n) is 6.79. The number of ether oxygens (including phenoxy) is 2. The maximum Gasteiger partial charge on any atom is 0.255 e. The van der Waals surface area contributed by atoms with Crippen molar-refractivity contribution in [1.29, 1.82) is 0 Å². The van der Waals surface area contributed by atoms with Gasteiger partial charge in [-0.3, -0.25) is 4.79 Å². The summed E-state index contributed by atoms with van der Waals surface area (Å²) in [5.41, 5.74) is 0.431. The van der Waals surface area contributed by atoms with E-state index in [2.05, 4.69) is 5.32 Å². The second-order valence-corrected chi connectivity index (χ2v) is 5.23. The monoisotopic (exact) mass is 321 g/mol. The van der Waals surface area contributed by atoms with E-state index in [0.717, 1.165) is 12.5 Å². The topological polar surface area (TPSA) is 47.6 Å². The molecular weight excluding hydrogens is 309 g/mol. The second-order valence-electron chi connectivity index (χ2n) is 4.79. The molecule has 0 bridgehead atoms. The Morgan fingerprint density at radius 1 is 1.09 bits per heavy atom. The van der Waals surface area contributed by atoms with E-state index in [0.29, 0.717) is 30.3 Å². The predicted octanol–water partition coefficient (Wildman–Crippen LogP) is 3.89. The molecule has 1 heterocycles. The van der Waals surface area contributed by atoms with E-state index >= 15 is 0 Å². The van der Waals surface area contributed by atoms with Crippen LogP contribution in [0.15, 0.2) is 36.4 Å². The highest BCUT2D eigenvalue weighted by Gasteiger charge is 2.15. The molecule has 3 rings (SSSR count). The average molecular weight is 322 g/mol. The minimum absolute atomic E-state index is 0.0708. The summed E-state index contributed by atoms with van der Waals surface area (Å²) in [6.45, 7) is 1.11. The lowest BCUT2D eigenvalue weighted by molar-refractivity contribution is 0.102. The Labute approximate surface area is 131 Å². The summed E-state index contributed by atoms with van der Waals surface area (Å²) in [5, 5.41) is 2.78. The first-order valence-corrected chi connectivity index (χ1v) is 7.17. The van der Waals surface area contributed by atoms with Gasteiger partial charge in [-0.15, -0.1) is 0 Å². The lowest BCUT2D eigenvalue weighted by atomic mass is 10.2. The van der Waals surface area contributed by atoms with Gasteiger partial charge in [0, 0.05) is 17.0 Å². The highest BCUT2D eigenvalue weighted by molar-refractivity contribution is 6.30.